The van der Waals surface area contributed by atoms with Gasteiger partial charge in [0.05, 0.1) is 35.7 Å². The van der Waals surface area contributed by atoms with E-state index in [0.717, 1.165) is 35.4 Å². The summed E-state index contributed by atoms with van der Waals surface area (Å²) in [5.41, 5.74) is 2.21. The minimum absolute atomic E-state index is 0.572. The third kappa shape index (κ3) is 5.24. The van der Waals surface area contributed by atoms with Crippen molar-refractivity contribution in [2.24, 2.45) is 5.92 Å². The number of hydrogen-bond acceptors (Lipinski definition) is 3. The predicted molar refractivity (Wildman–Crippen MR) is 80.3 cm³/mol. The first-order valence-electron chi connectivity index (χ1n) is 6.99. The number of aryl methyl sites for hydroxylation is 2. The van der Waals surface area contributed by atoms with Gasteiger partial charge >= 0.3 is 0 Å². The lowest BCUT2D eigenvalue weighted by Crippen LogP contribution is -2.10. The van der Waals surface area contributed by atoms with Gasteiger partial charge in [0.15, 0.2) is 0 Å². The summed E-state index contributed by atoms with van der Waals surface area (Å²) in [4.78, 5) is 0. The molecule has 0 aliphatic rings. The Labute approximate surface area is 124 Å². The lowest BCUT2D eigenvalue weighted by atomic mass is 10.2. The Kier molecular flexibility index (Phi) is 7.64. The number of aromatic nitrogens is 2. The van der Waals surface area contributed by atoms with E-state index in [2.05, 4.69) is 48.7 Å². The van der Waals surface area contributed by atoms with Gasteiger partial charge in [0.25, 0.3) is 0 Å². The molecular formula is C14H25BrN2O2. The fourth-order valence-corrected chi connectivity index (χ4v) is 2.44. The molecule has 0 aliphatic heterocycles. The Morgan fingerprint density at radius 2 is 1.89 bits per heavy atom. The minimum Gasteiger partial charge on any atom is -0.379 e. The molecule has 0 amide bonds. The molecule has 0 fully saturated rings. The molecule has 0 N–H and O–H groups in total. The van der Waals surface area contributed by atoms with Crippen LogP contribution in [0.25, 0.3) is 0 Å². The first kappa shape index (κ1) is 16.7. The van der Waals surface area contributed by atoms with E-state index < -0.39 is 0 Å². The molecule has 0 bridgehead atoms. The number of nitrogens with zero attached hydrogens (tertiary/aromatic N) is 2. The normalized spacial score (nSPS) is 11.5. The molecule has 19 heavy (non-hydrogen) atoms. The van der Waals surface area contributed by atoms with E-state index in [1.54, 1.807) is 0 Å². The summed E-state index contributed by atoms with van der Waals surface area (Å²) in [7, 11) is 0. The van der Waals surface area contributed by atoms with Crippen LogP contribution in [0, 0.1) is 5.92 Å². The number of rotatable bonds is 9. The van der Waals surface area contributed by atoms with Gasteiger partial charge in [0.1, 0.15) is 0 Å². The molecule has 5 heteroatoms. The first-order chi connectivity index (χ1) is 9.10. The molecule has 1 aromatic rings. The maximum absolute atomic E-state index is 5.67. The number of ether oxygens (including phenoxy) is 2. The SMILES string of the molecule is CCc1nn(CC)c(COCCOCC(C)C)c1Br. The van der Waals surface area contributed by atoms with E-state index in [-0.39, 0.29) is 0 Å². The van der Waals surface area contributed by atoms with Crippen molar-refractivity contribution < 1.29 is 9.47 Å². The monoisotopic (exact) mass is 332 g/mol. The van der Waals surface area contributed by atoms with Gasteiger partial charge in [0.2, 0.25) is 0 Å². The maximum atomic E-state index is 5.67. The van der Waals surface area contributed by atoms with Crippen LogP contribution in [0.3, 0.4) is 0 Å². The second kappa shape index (κ2) is 8.72. The molecular weight excluding hydrogens is 308 g/mol. The summed E-state index contributed by atoms with van der Waals surface area (Å²) in [6.45, 7) is 12.0. The van der Waals surface area contributed by atoms with E-state index >= 15 is 0 Å². The van der Waals surface area contributed by atoms with Gasteiger partial charge in [-0.2, -0.15) is 5.10 Å². The van der Waals surface area contributed by atoms with E-state index in [9.17, 15) is 0 Å². The van der Waals surface area contributed by atoms with Gasteiger partial charge < -0.3 is 9.47 Å². The zero-order chi connectivity index (χ0) is 14.3. The van der Waals surface area contributed by atoms with Gasteiger partial charge in [-0.05, 0) is 35.2 Å². The van der Waals surface area contributed by atoms with E-state index in [1.807, 2.05) is 4.68 Å². The van der Waals surface area contributed by atoms with Gasteiger partial charge in [-0.1, -0.05) is 20.8 Å². The molecule has 4 nitrogen and oxygen atoms in total. The highest BCUT2D eigenvalue weighted by Crippen LogP contribution is 2.22. The van der Waals surface area contributed by atoms with Gasteiger partial charge in [-0.25, -0.2) is 0 Å². The highest BCUT2D eigenvalue weighted by molar-refractivity contribution is 9.10. The molecule has 0 spiro atoms. The molecule has 0 saturated heterocycles. The third-order valence-corrected chi connectivity index (χ3v) is 3.67. The average molecular weight is 333 g/mol. The Morgan fingerprint density at radius 3 is 2.47 bits per heavy atom. The topological polar surface area (TPSA) is 36.3 Å². The highest BCUT2D eigenvalue weighted by Gasteiger charge is 2.13. The molecule has 1 rings (SSSR count). The van der Waals surface area contributed by atoms with Crippen molar-refractivity contribution in [3.63, 3.8) is 0 Å². The molecule has 0 aromatic carbocycles. The summed E-state index contributed by atoms with van der Waals surface area (Å²) in [6.07, 6.45) is 0.929. The van der Waals surface area contributed by atoms with Gasteiger partial charge in [-0.15, -0.1) is 0 Å². The van der Waals surface area contributed by atoms with Crippen LogP contribution < -0.4 is 0 Å². The third-order valence-electron chi connectivity index (χ3n) is 2.76. The van der Waals surface area contributed by atoms with Crippen LogP contribution in [-0.4, -0.2) is 29.6 Å². The summed E-state index contributed by atoms with van der Waals surface area (Å²) < 4.78 is 14.2. The average Bonchev–Trinajstić information content (AvgIpc) is 2.69. The molecule has 1 heterocycles. The van der Waals surface area contributed by atoms with Crippen LogP contribution in [-0.2, 0) is 29.0 Å². The van der Waals surface area contributed by atoms with Crippen LogP contribution in [0.1, 0.15) is 39.1 Å². The zero-order valence-corrected chi connectivity index (χ0v) is 14.0. The molecule has 0 radical (unpaired) electrons. The standard InChI is InChI=1S/C14H25BrN2O2/c1-5-12-14(15)13(17(6-2)16-12)10-19-8-7-18-9-11(3)4/h11H,5-10H2,1-4H3. The molecule has 0 atom stereocenters. The smallest absolute Gasteiger partial charge is 0.0897 e. The molecule has 1 aromatic heterocycles. The number of halogens is 1. The lowest BCUT2D eigenvalue weighted by Gasteiger charge is -2.09. The van der Waals surface area contributed by atoms with Gasteiger partial charge in [0, 0.05) is 13.2 Å². The van der Waals surface area contributed by atoms with Crippen LogP contribution in [0.15, 0.2) is 4.47 Å². The summed E-state index contributed by atoms with van der Waals surface area (Å²) in [5.74, 6) is 0.572. The maximum Gasteiger partial charge on any atom is 0.0897 e. The van der Waals surface area contributed by atoms with Crippen LogP contribution in [0.2, 0.25) is 0 Å². The van der Waals surface area contributed by atoms with E-state index in [4.69, 9.17) is 9.47 Å². The summed E-state index contributed by atoms with van der Waals surface area (Å²) >= 11 is 3.61. The summed E-state index contributed by atoms with van der Waals surface area (Å²) in [6, 6.07) is 0. The Hall–Kier alpha value is -0.390. The second-order valence-electron chi connectivity index (χ2n) is 4.90. The van der Waals surface area contributed by atoms with Crippen molar-refractivity contribution in [1.29, 1.82) is 0 Å². The second-order valence-corrected chi connectivity index (χ2v) is 5.69. The van der Waals surface area contributed by atoms with Crippen LogP contribution in [0.4, 0.5) is 0 Å². The minimum atomic E-state index is 0.572. The molecule has 0 aliphatic carbocycles. The van der Waals surface area contributed by atoms with Crippen molar-refractivity contribution in [3.05, 3.63) is 15.9 Å². The van der Waals surface area contributed by atoms with Gasteiger partial charge in [-0.3, -0.25) is 4.68 Å². The molecule has 110 valence electrons. The van der Waals surface area contributed by atoms with Crippen LogP contribution >= 0.6 is 15.9 Å². The van der Waals surface area contributed by atoms with Crippen molar-refractivity contribution in [2.45, 2.75) is 47.3 Å². The Balaban J connectivity index is 2.38. The first-order valence-corrected chi connectivity index (χ1v) is 7.78. The van der Waals surface area contributed by atoms with Crippen LogP contribution in [0.5, 0.6) is 0 Å². The fourth-order valence-electron chi connectivity index (χ4n) is 1.76. The van der Waals surface area contributed by atoms with Crippen molar-refractivity contribution in [3.8, 4) is 0 Å². The zero-order valence-electron chi connectivity index (χ0n) is 12.4. The Morgan fingerprint density at radius 1 is 1.21 bits per heavy atom. The number of hydrogen-bond donors (Lipinski definition) is 0. The predicted octanol–water partition coefficient (Wildman–Crippen LogP) is 3.42. The van der Waals surface area contributed by atoms with Crippen molar-refractivity contribution in [1.82, 2.24) is 9.78 Å². The largest absolute Gasteiger partial charge is 0.379 e. The summed E-state index contributed by atoms with van der Waals surface area (Å²) in [5, 5.41) is 4.54. The van der Waals surface area contributed by atoms with E-state index in [0.29, 0.717) is 25.7 Å². The quantitative estimate of drug-likeness (QED) is 0.650. The van der Waals surface area contributed by atoms with Crippen molar-refractivity contribution >= 4 is 15.9 Å². The molecule has 0 unspecified atom stereocenters. The Bertz CT molecular complexity index is 378. The van der Waals surface area contributed by atoms with E-state index in [1.165, 1.54) is 0 Å². The fraction of sp³-hybridized carbons (Fsp3) is 0.786. The molecule has 0 saturated carbocycles. The lowest BCUT2D eigenvalue weighted by molar-refractivity contribution is 0.0293. The van der Waals surface area contributed by atoms with Crippen molar-refractivity contribution in [2.75, 3.05) is 19.8 Å². The highest BCUT2D eigenvalue weighted by atomic mass is 79.9.